The number of hydrogen-bond donors (Lipinski definition) is 1. The van der Waals surface area contributed by atoms with Crippen molar-refractivity contribution in [1.29, 1.82) is 0 Å². The van der Waals surface area contributed by atoms with Gasteiger partial charge in [0.25, 0.3) is 11.7 Å². The molecule has 2 heterocycles. The van der Waals surface area contributed by atoms with Gasteiger partial charge in [-0.3, -0.25) is 14.6 Å². The van der Waals surface area contributed by atoms with E-state index in [0.29, 0.717) is 18.7 Å². The highest BCUT2D eigenvalue weighted by Gasteiger charge is 2.46. The van der Waals surface area contributed by atoms with E-state index in [1.165, 1.54) is 24.1 Å². The smallest absolute Gasteiger partial charge is 0.295 e. The molecule has 3 rings (SSSR count). The van der Waals surface area contributed by atoms with Gasteiger partial charge in [-0.25, -0.2) is 4.39 Å². The maximum Gasteiger partial charge on any atom is 0.295 e. The van der Waals surface area contributed by atoms with Crippen LogP contribution in [0, 0.1) is 5.82 Å². The van der Waals surface area contributed by atoms with Crippen molar-refractivity contribution < 1.29 is 23.8 Å². The average molecular weight is 413 g/mol. The minimum atomic E-state index is -0.874. The molecule has 1 aliphatic rings. The Morgan fingerprint density at radius 3 is 2.67 bits per heavy atom. The van der Waals surface area contributed by atoms with Crippen LogP contribution in [-0.4, -0.2) is 65.9 Å². The monoisotopic (exact) mass is 413 g/mol. The van der Waals surface area contributed by atoms with E-state index < -0.39 is 29.3 Å². The minimum Gasteiger partial charge on any atom is -0.507 e. The number of ketones is 1. The van der Waals surface area contributed by atoms with Crippen molar-refractivity contribution in [3.63, 3.8) is 0 Å². The molecule has 1 N–H and O–H groups in total. The van der Waals surface area contributed by atoms with Gasteiger partial charge in [0.2, 0.25) is 0 Å². The number of carbonyl (C=O) groups is 2. The molecular weight excluding hydrogens is 389 g/mol. The molecule has 0 radical (unpaired) electrons. The molecule has 0 unspecified atom stereocenters. The second kappa shape index (κ2) is 9.04. The lowest BCUT2D eigenvalue weighted by Crippen LogP contribution is -2.32. The number of Topliss-reactive ketones (excluding diaryl/α,β-unsaturated/α-hetero) is 1. The van der Waals surface area contributed by atoms with Crippen LogP contribution in [0.4, 0.5) is 4.39 Å². The lowest BCUT2D eigenvalue weighted by atomic mass is 9.97. The molecule has 1 fully saturated rings. The summed E-state index contributed by atoms with van der Waals surface area (Å²) in [4.78, 5) is 33.4. The molecule has 1 saturated heterocycles. The van der Waals surface area contributed by atoms with Crippen LogP contribution < -0.4 is 4.74 Å². The summed E-state index contributed by atoms with van der Waals surface area (Å²) < 4.78 is 19.1. The molecule has 30 heavy (non-hydrogen) atoms. The fourth-order valence-electron chi connectivity index (χ4n) is 3.52. The Labute approximate surface area is 174 Å². The third-order valence-corrected chi connectivity index (χ3v) is 4.93. The first-order chi connectivity index (χ1) is 14.3. The number of halogens is 1. The fraction of sp³-hybridized carbons (Fsp3) is 0.318. The summed E-state index contributed by atoms with van der Waals surface area (Å²) in [5, 5.41) is 11.0. The number of benzene rings is 1. The summed E-state index contributed by atoms with van der Waals surface area (Å²) in [6.07, 6.45) is 2.19. The molecule has 0 aliphatic carbocycles. The Kier molecular flexibility index (Phi) is 6.47. The molecule has 0 bridgehead atoms. The molecule has 7 nitrogen and oxygen atoms in total. The van der Waals surface area contributed by atoms with Crippen molar-refractivity contribution in [3.05, 3.63) is 65.2 Å². The zero-order valence-corrected chi connectivity index (χ0v) is 17.1. The van der Waals surface area contributed by atoms with Gasteiger partial charge < -0.3 is 19.6 Å². The lowest BCUT2D eigenvalue weighted by Gasteiger charge is -2.25. The van der Waals surface area contributed by atoms with Crippen LogP contribution in [0.1, 0.15) is 23.7 Å². The number of methoxy groups -OCH3 is 1. The Morgan fingerprint density at radius 1 is 1.27 bits per heavy atom. The molecule has 0 saturated carbocycles. The van der Waals surface area contributed by atoms with Crippen LogP contribution in [0.3, 0.4) is 0 Å². The molecule has 2 aromatic rings. The summed E-state index contributed by atoms with van der Waals surface area (Å²) >= 11 is 0. The average Bonchev–Trinajstić information content (AvgIpc) is 2.98. The molecule has 158 valence electrons. The maximum absolute atomic E-state index is 13.9. The number of amides is 1. The zero-order valence-electron chi connectivity index (χ0n) is 17.1. The lowest BCUT2D eigenvalue weighted by molar-refractivity contribution is -0.140. The van der Waals surface area contributed by atoms with E-state index in [0.717, 1.165) is 12.6 Å². The quantitative estimate of drug-likeness (QED) is 0.427. The van der Waals surface area contributed by atoms with Gasteiger partial charge in [0.05, 0.1) is 23.9 Å². The predicted octanol–water partition coefficient (Wildman–Crippen LogP) is 2.60. The highest BCUT2D eigenvalue weighted by atomic mass is 19.1. The van der Waals surface area contributed by atoms with Gasteiger partial charge >= 0.3 is 0 Å². The van der Waals surface area contributed by atoms with E-state index in [1.54, 1.807) is 24.4 Å². The number of likely N-dealkylation sites (tertiary alicyclic amines) is 1. The van der Waals surface area contributed by atoms with E-state index in [9.17, 15) is 19.1 Å². The van der Waals surface area contributed by atoms with Crippen LogP contribution in [0.15, 0.2) is 48.2 Å². The molecule has 1 atom stereocenters. The first-order valence-corrected chi connectivity index (χ1v) is 9.53. The van der Waals surface area contributed by atoms with Crippen molar-refractivity contribution in [2.75, 3.05) is 34.3 Å². The fourth-order valence-corrected chi connectivity index (χ4v) is 3.52. The Balaban J connectivity index is 2.13. The summed E-state index contributed by atoms with van der Waals surface area (Å²) in [6.45, 7) is 1.02. The van der Waals surface area contributed by atoms with E-state index in [4.69, 9.17) is 4.74 Å². The largest absolute Gasteiger partial charge is 0.507 e. The van der Waals surface area contributed by atoms with Crippen molar-refractivity contribution in [2.45, 2.75) is 12.5 Å². The molecule has 0 spiro atoms. The molecule has 1 amide bonds. The minimum absolute atomic E-state index is 0.00437. The molecule has 1 aromatic heterocycles. The van der Waals surface area contributed by atoms with Gasteiger partial charge in [0.15, 0.2) is 0 Å². The van der Waals surface area contributed by atoms with Crippen LogP contribution in [0.25, 0.3) is 5.76 Å². The van der Waals surface area contributed by atoms with Crippen LogP contribution >= 0.6 is 0 Å². The van der Waals surface area contributed by atoms with E-state index in [1.807, 2.05) is 19.0 Å². The predicted molar refractivity (Wildman–Crippen MR) is 109 cm³/mol. The van der Waals surface area contributed by atoms with Gasteiger partial charge in [0, 0.05) is 12.7 Å². The molecule has 8 heteroatoms. The third kappa shape index (κ3) is 4.18. The first-order valence-electron chi connectivity index (χ1n) is 9.53. The Bertz CT molecular complexity index is 976. The van der Waals surface area contributed by atoms with Gasteiger partial charge in [0.1, 0.15) is 23.4 Å². The zero-order chi connectivity index (χ0) is 21.8. The number of aliphatic hydroxyl groups excluding tert-OH is 1. The second-order valence-electron chi connectivity index (χ2n) is 7.25. The number of aliphatic hydroxyl groups is 1. The Morgan fingerprint density at radius 2 is 2.03 bits per heavy atom. The number of nitrogens with zero attached hydrogens (tertiary/aromatic N) is 3. The van der Waals surface area contributed by atoms with Crippen LogP contribution in [0.5, 0.6) is 5.75 Å². The standard InChI is InChI=1S/C22H24FN3O4/c1-25(2)11-6-12-26-19(16-7-4-5-10-24-16)18(21(28)22(26)29)20(27)15-13-14(23)8-9-17(15)30-3/h4-5,7-10,13,19,27H,6,11-12H2,1-3H3/b20-18+/t19-/m1/s1. The summed E-state index contributed by atoms with van der Waals surface area (Å²) in [5.74, 6) is -2.46. The van der Waals surface area contributed by atoms with E-state index in [2.05, 4.69) is 4.98 Å². The summed E-state index contributed by atoms with van der Waals surface area (Å²) in [6, 6.07) is 7.89. The summed E-state index contributed by atoms with van der Waals surface area (Å²) in [5.41, 5.74) is 0.315. The number of aromatic nitrogens is 1. The number of carbonyl (C=O) groups excluding carboxylic acids is 2. The number of pyridine rings is 1. The first kappa shape index (κ1) is 21.4. The number of rotatable bonds is 7. The molecular formula is C22H24FN3O4. The second-order valence-corrected chi connectivity index (χ2v) is 7.25. The third-order valence-electron chi connectivity index (χ3n) is 4.93. The topological polar surface area (TPSA) is 83.0 Å². The van der Waals surface area contributed by atoms with Gasteiger partial charge in [-0.05, 0) is 57.4 Å². The highest BCUT2D eigenvalue weighted by Crippen LogP contribution is 2.40. The normalized spacial score (nSPS) is 18.3. The van der Waals surface area contributed by atoms with Gasteiger partial charge in [-0.2, -0.15) is 0 Å². The maximum atomic E-state index is 13.9. The van der Waals surface area contributed by atoms with E-state index >= 15 is 0 Å². The highest BCUT2D eigenvalue weighted by molar-refractivity contribution is 6.46. The van der Waals surface area contributed by atoms with Gasteiger partial charge in [-0.15, -0.1) is 0 Å². The van der Waals surface area contributed by atoms with E-state index in [-0.39, 0.29) is 16.9 Å². The van der Waals surface area contributed by atoms with Crippen molar-refractivity contribution >= 4 is 17.4 Å². The molecule has 1 aliphatic heterocycles. The SMILES string of the molecule is COc1ccc(F)cc1/C(O)=C1\C(=O)C(=O)N(CCCN(C)C)[C@@H]1c1ccccn1. The van der Waals surface area contributed by atoms with Crippen molar-refractivity contribution in [1.82, 2.24) is 14.8 Å². The summed E-state index contributed by atoms with van der Waals surface area (Å²) in [7, 11) is 5.21. The number of hydrogen-bond acceptors (Lipinski definition) is 6. The van der Waals surface area contributed by atoms with Crippen LogP contribution in [0.2, 0.25) is 0 Å². The number of ether oxygens (including phenoxy) is 1. The van der Waals surface area contributed by atoms with Crippen molar-refractivity contribution in [3.8, 4) is 5.75 Å². The van der Waals surface area contributed by atoms with Crippen molar-refractivity contribution in [2.24, 2.45) is 0 Å². The van der Waals surface area contributed by atoms with Gasteiger partial charge in [-0.1, -0.05) is 6.07 Å². The Hall–Kier alpha value is -3.26. The van der Waals surface area contributed by atoms with Crippen LogP contribution in [-0.2, 0) is 9.59 Å². The molecule has 1 aromatic carbocycles.